The minimum absolute atomic E-state index is 0.0000926. The zero-order valence-electron chi connectivity index (χ0n) is 10.9. The average Bonchev–Trinajstić information content (AvgIpc) is 2.40. The van der Waals surface area contributed by atoms with E-state index >= 15 is 0 Å². The second-order valence-corrected chi connectivity index (χ2v) is 4.43. The molecule has 2 rings (SSSR count). The van der Waals surface area contributed by atoms with Gasteiger partial charge in [-0.3, -0.25) is 4.79 Å². The maximum atomic E-state index is 11.5. The molecule has 0 amide bonds. The summed E-state index contributed by atoms with van der Waals surface area (Å²) in [5.41, 5.74) is 13.0. The highest BCUT2D eigenvalue weighted by atomic mass is 16.1. The number of aromatic nitrogens is 2. The fourth-order valence-electron chi connectivity index (χ4n) is 1.91. The summed E-state index contributed by atoms with van der Waals surface area (Å²) in [7, 11) is 1.84. The smallest absolute Gasteiger partial charge is 0.276 e. The fourth-order valence-corrected chi connectivity index (χ4v) is 1.91. The Kier molecular flexibility index (Phi) is 3.41. The van der Waals surface area contributed by atoms with Crippen LogP contribution in [0.25, 0.3) is 0 Å². The van der Waals surface area contributed by atoms with Crippen molar-refractivity contribution in [1.82, 2.24) is 9.97 Å². The molecule has 1 aromatic carbocycles. The molecule has 19 heavy (non-hydrogen) atoms. The number of nitrogens with zero attached hydrogens (tertiary/aromatic N) is 2. The Balaban J connectivity index is 2.36. The molecule has 0 saturated carbocycles. The summed E-state index contributed by atoms with van der Waals surface area (Å²) >= 11 is 0. The van der Waals surface area contributed by atoms with E-state index in [2.05, 4.69) is 9.97 Å². The lowest BCUT2D eigenvalue weighted by atomic mass is 10.1. The van der Waals surface area contributed by atoms with Crippen LogP contribution < -0.4 is 21.9 Å². The normalized spacial score (nSPS) is 12.1. The third-order valence-electron chi connectivity index (χ3n) is 3.18. The predicted octanol–water partition coefficient (Wildman–Crippen LogP) is 1.13. The maximum absolute atomic E-state index is 11.5. The Morgan fingerprint density at radius 1 is 1.37 bits per heavy atom. The number of nitrogens with one attached hydrogen (secondary N) is 1. The average molecular weight is 259 g/mol. The summed E-state index contributed by atoms with van der Waals surface area (Å²) in [6, 6.07) is 7.59. The predicted molar refractivity (Wildman–Crippen MR) is 76.9 cm³/mol. The first-order valence-electron chi connectivity index (χ1n) is 5.92. The molecule has 0 aliphatic carbocycles. The Labute approximate surface area is 111 Å². The number of nitrogens with two attached hydrogens (primary N) is 2. The van der Waals surface area contributed by atoms with Gasteiger partial charge in [-0.05, 0) is 24.6 Å². The summed E-state index contributed by atoms with van der Waals surface area (Å²) in [4.78, 5) is 19.9. The lowest BCUT2D eigenvalue weighted by molar-refractivity contribution is 0.728. The van der Waals surface area contributed by atoms with Crippen molar-refractivity contribution in [2.75, 3.05) is 23.4 Å². The van der Waals surface area contributed by atoms with Crippen LogP contribution in [-0.2, 0) is 0 Å². The first kappa shape index (κ1) is 12.9. The van der Waals surface area contributed by atoms with E-state index in [0.717, 1.165) is 5.56 Å². The van der Waals surface area contributed by atoms with Crippen LogP contribution in [0.3, 0.4) is 0 Å². The Morgan fingerprint density at radius 2 is 2.11 bits per heavy atom. The van der Waals surface area contributed by atoms with Crippen LogP contribution in [0.1, 0.15) is 18.5 Å². The molecule has 0 aliphatic heterocycles. The third-order valence-corrected chi connectivity index (χ3v) is 3.18. The van der Waals surface area contributed by atoms with Crippen LogP contribution >= 0.6 is 0 Å². The minimum Gasteiger partial charge on any atom is -0.399 e. The molecule has 6 heteroatoms. The van der Waals surface area contributed by atoms with E-state index in [4.69, 9.17) is 11.5 Å². The number of hydrogen-bond donors (Lipinski definition) is 3. The van der Waals surface area contributed by atoms with Crippen molar-refractivity contribution in [2.45, 2.75) is 13.0 Å². The van der Waals surface area contributed by atoms with E-state index in [9.17, 15) is 4.79 Å². The van der Waals surface area contributed by atoms with Crippen LogP contribution in [-0.4, -0.2) is 17.0 Å². The zero-order valence-corrected chi connectivity index (χ0v) is 10.9. The van der Waals surface area contributed by atoms with Crippen molar-refractivity contribution in [3.05, 3.63) is 46.5 Å². The maximum Gasteiger partial charge on any atom is 0.276 e. The van der Waals surface area contributed by atoms with Gasteiger partial charge in [0, 0.05) is 12.7 Å². The Hall–Kier alpha value is -2.50. The van der Waals surface area contributed by atoms with Crippen molar-refractivity contribution < 1.29 is 0 Å². The topological polar surface area (TPSA) is 101 Å². The highest BCUT2D eigenvalue weighted by Gasteiger charge is 2.17. The van der Waals surface area contributed by atoms with E-state index in [-0.39, 0.29) is 17.3 Å². The number of rotatable bonds is 3. The summed E-state index contributed by atoms with van der Waals surface area (Å²) < 4.78 is 0. The van der Waals surface area contributed by atoms with Crippen LogP contribution in [0.15, 0.2) is 35.4 Å². The van der Waals surface area contributed by atoms with Gasteiger partial charge in [0.15, 0.2) is 5.82 Å². The molecule has 1 heterocycles. The molecule has 5 N–H and O–H groups in total. The van der Waals surface area contributed by atoms with Gasteiger partial charge in [0.1, 0.15) is 5.69 Å². The lowest BCUT2D eigenvalue weighted by Crippen LogP contribution is -2.27. The van der Waals surface area contributed by atoms with Gasteiger partial charge in [-0.2, -0.15) is 0 Å². The van der Waals surface area contributed by atoms with Crippen LogP contribution in [0.5, 0.6) is 0 Å². The minimum atomic E-state index is -0.336. The molecule has 0 aliphatic rings. The molecular weight excluding hydrogens is 242 g/mol. The van der Waals surface area contributed by atoms with Gasteiger partial charge in [-0.25, -0.2) is 4.98 Å². The highest BCUT2D eigenvalue weighted by Crippen LogP contribution is 2.26. The summed E-state index contributed by atoms with van der Waals surface area (Å²) in [5.74, 6) is 0.457. The fraction of sp³-hybridized carbons (Fsp3) is 0.231. The number of aromatic amines is 1. The van der Waals surface area contributed by atoms with Gasteiger partial charge < -0.3 is 21.4 Å². The number of benzene rings is 1. The van der Waals surface area contributed by atoms with Gasteiger partial charge in [0.25, 0.3) is 5.56 Å². The van der Waals surface area contributed by atoms with Crippen molar-refractivity contribution in [3.8, 4) is 0 Å². The largest absolute Gasteiger partial charge is 0.399 e. The second-order valence-electron chi connectivity index (χ2n) is 4.43. The van der Waals surface area contributed by atoms with E-state index in [1.54, 1.807) is 0 Å². The van der Waals surface area contributed by atoms with Gasteiger partial charge >= 0.3 is 0 Å². The molecule has 0 fully saturated rings. The zero-order chi connectivity index (χ0) is 14.0. The van der Waals surface area contributed by atoms with Gasteiger partial charge in [-0.1, -0.05) is 12.1 Å². The summed E-state index contributed by atoms with van der Waals surface area (Å²) in [5, 5.41) is 0. The second kappa shape index (κ2) is 5.01. The molecule has 0 bridgehead atoms. The van der Waals surface area contributed by atoms with E-state index in [1.165, 1.54) is 6.33 Å². The van der Waals surface area contributed by atoms with Crippen LogP contribution in [0.2, 0.25) is 0 Å². The number of anilines is 3. The molecule has 1 unspecified atom stereocenters. The lowest BCUT2D eigenvalue weighted by Gasteiger charge is -2.27. The van der Waals surface area contributed by atoms with Gasteiger partial charge in [0.2, 0.25) is 0 Å². The number of H-pyrrole nitrogens is 1. The van der Waals surface area contributed by atoms with Gasteiger partial charge in [0.05, 0.1) is 12.4 Å². The molecule has 100 valence electrons. The molecule has 1 aromatic heterocycles. The van der Waals surface area contributed by atoms with E-state index in [1.807, 2.05) is 43.1 Å². The van der Waals surface area contributed by atoms with E-state index < -0.39 is 0 Å². The Morgan fingerprint density at radius 3 is 2.79 bits per heavy atom. The van der Waals surface area contributed by atoms with Gasteiger partial charge in [-0.15, -0.1) is 0 Å². The Bertz CT molecular complexity index is 637. The first-order chi connectivity index (χ1) is 9.00. The number of nitrogen functional groups attached to an aromatic ring is 2. The molecule has 1 atom stereocenters. The molecule has 6 nitrogen and oxygen atoms in total. The molecule has 0 saturated heterocycles. The van der Waals surface area contributed by atoms with Crippen molar-refractivity contribution in [3.63, 3.8) is 0 Å². The quantitative estimate of drug-likeness (QED) is 0.717. The third kappa shape index (κ3) is 2.52. The monoisotopic (exact) mass is 259 g/mol. The molecule has 0 radical (unpaired) electrons. The van der Waals surface area contributed by atoms with Crippen molar-refractivity contribution in [2.24, 2.45) is 0 Å². The molecular formula is C13H17N5O. The molecule has 0 spiro atoms. The van der Waals surface area contributed by atoms with E-state index in [0.29, 0.717) is 11.5 Å². The number of hydrogen-bond acceptors (Lipinski definition) is 5. The van der Waals surface area contributed by atoms with Crippen LogP contribution in [0, 0.1) is 0 Å². The standard InChI is InChI=1S/C13H17N5O/c1-8(9-4-3-5-10(14)6-9)18(2)12-11(15)13(19)17-7-16-12/h3-8H,14-15H2,1-2H3,(H,16,17,19). The van der Waals surface area contributed by atoms with Crippen molar-refractivity contribution in [1.29, 1.82) is 0 Å². The highest BCUT2D eigenvalue weighted by molar-refractivity contribution is 5.61. The molecule has 2 aromatic rings. The summed E-state index contributed by atoms with van der Waals surface area (Å²) in [6.07, 6.45) is 1.34. The van der Waals surface area contributed by atoms with Crippen LogP contribution in [0.4, 0.5) is 17.2 Å². The first-order valence-corrected chi connectivity index (χ1v) is 5.92. The SMILES string of the molecule is CC(c1cccc(N)c1)N(C)c1nc[nH]c(=O)c1N. The van der Waals surface area contributed by atoms with Crippen molar-refractivity contribution >= 4 is 17.2 Å². The summed E-state index contributed by atoms with van der Waals surface area (Å²) in [6.45, 7) is 2.00.